The highest BCUT2D eigenvalue weighted by Crippen LogP contribution is 2.24. The minimum Gasteiger partial charge on any atom is -0.336 e. The summed E-state index contributed by atoms with van der Waals surface area (Å²) in [5, 5.41) is 2.48. The molecule has 1 amide bonds. The van der Waals surface area contributed by atoms with Crippen LogP contribution in [-0.4, -0.2) is 49.7 Å². The third kappa shape index (κ3) is 3.88. The molecule has 5 nitrogen and oxygen atoms in total. The third-order valence-corrected chi connectivity index (χ3v) is 7.43. The maximum atomic E-state index is 13.1. The number of hydrogen-bond donors (Lipinski definition) is 0. The van der Waals surface area contributed by atoms with Gasteiger partial charge in [0.25, 0.3) is 5.91 Å². The number of halogens is 1. The first-order valence-corrected chi connectivity index (χ1v) is 11.2. The van der Waals surface area contributed by atoms with E-state index in [1.165, 1.54) is 4.31 Å². The van der Waals surface area contributed by atoms with Gasteiger partial charge in [-0.25, -0.2) is 8.42 Å². The van der Waals surface area contributed by atoms with Crippen LogP contribution in [0, 0.1) is 6.92 Å². The number of nitrogens with zero attached hydrogens (tertiary/aromatic N) is 2. The molecular formula is C22H21ClN2O3S. The number of sulfonamides is 1. The molecule has 0 N–H and O–H groups in total. The van der Waals surface area contributed by atoms with Gasteiger partial charge in [-0.1, -0.05) is 41.9 Å². The summed E-state index contributed by atoms with van der Waals surface area (Å²) in [6, 6.07) is 18.0. The van der Waals surface area contributed by atoms with Crippen LogP contribution in [-0.2, 0) is 10.0 Å². The Labute approximate surface area is 175 Å². The summed E-state index contributed by atoms with van der Waals surface area (Å²) in [4.78, 5) is 14.8. The zero-order valence-corrected chi connectivity index (χ0v) is 17.6. The fourth-order valence-corrected chi connectivity index (χ4v) is 5.33. The standard InChI is InChI=1S/C22H21ClN2O3S/c1-16-14-19(23)7-9-21(16)22(26)24-10-12-25(13-11-24)29(27,28)20-8-6-17-4-2-3-5-18(17)15-20/h2-9,14-15H,10-13H2,1H3. The van der Waals surface area contributed by atoms with Crippen LogP contribution in [0.25, 0.3) is 10.8 Å². The molecule has 29 heavy (non-hydrogen) atoms. The predicted octanol–water partition coefficient (Wildman–Crippen LogP) is 3.95. The van der Waals surface area contributed by atoms with Crippen molar-refractivity contribution in [1.29, 1.82) is 0 Å². The summed E-state index contributed by atoms with van der Waals surface area (Å²) >= 11 is 5.97. The van der Waals surface area contributed by atoms with E-state index in [0.717, 1.165) is 16.3 Å². The molecule has 4 rings (SSSR count). The summed E-state index contributed by atoms with van der Waals surface area (Å²) in [5.74, 6) is -0.0954. The minimum atomic E-state index is -3.60. The van der Waals surface area contributed by atoms with E-state index in [9.17, 15) is 13.2 Å². The van der Waals surface area contributed by atoms with Gasteiger partial charge in [0, 0.05) is 36.8 Å². The SMILES string of the molecule is Cc1cc(Cl)ccc1C(=O)N1CCN(S(=O)(=O)c2ccc3ccccc3c2)CC1. The molecule has 3 aromatic carbocycles. The Morgan fingerprint density at radius 1 is 0.897 bits per heavy atom. The molecule has 3 aromatic rings. The number of aryl methyl sites for hydroxylation is 1. The van der Waals surface area contributed by atoms with Gasteiger partial charge in [0.15, 0.2) is 0 Å². The lowest BCUT2D eigenvalue weighted by atomic mass is 10.1. The molecule has 0 radical (unpaired) electrons. The molecule has 0 spiro atoms. The van der Waals surface area contributed by atoms with Crippen LogP contribution in [0.2, 0.25) is 5.02 Å². The van der Waals surface area contributed by atoms with Crippen molar-refractivity contribution in [3.8, 4) is 0 Å². The summed E-state index contributed by atoms with van der Waals surface area (Å²) < 4.78 is 27.6. The first-order chi connectivity index (χ1) is 13.9. The molecule has 0 saturated carbocycles. The zero-order chi connectivity index (χ0) is 20.6. The molecule has 1 heterocycles. The summed E-state index contributed by atoms with van der Waals surface area (Å²) in [6.07, 6.45) is 0. The van der Waals surface area contributed by atoms with Crippen molar-refractivity contribution < 1.29 is 13.2 Å². The lowest BCUT2D eigenvalue weighted by Crippen LogP contribution is -2.50. The number of carbonyl (C=O) groups excluding carboxylic acids is 1. The smallest absolute Gasteiger partial charge is 0.254 e. The number of amides is 1. The van der Waals surface area contributed by atoms with E-state index in [1.807, 2.05) is 37.3 Å². The minimum absolute atomic E-state index is 0.0954. The quantitative estimate of drug-likeness (QED) is 0.634. The van der Waals surface area contributed by atoms with Gasteiger partial charge in [-0.2, -0.15) is 4.31 Å². The number of hydrogen-bond acceptors (Lipinski definition) is 3. The molecule has 150 valence electrons. The van der Waals surface area contributed by atoms with E-state index in [0.29, 0.717) is 23.7 Å². The normalized spacial score (nSPS) is 15.6. The Balaban J connectivity index is 1.50. The van der Waals surface area contributed by atoms with E-state index >= 15 is 0 Å². The summed E-state index contributed by atoms with van der Waals surface area (Å²) in [5.41, 5.74) is 1.41. The predicted molar refractivity (Wildman–Crippen MR) is 115 cm³/mol. The average Bonchev–Trinajstić information content (AvgIpc) is 2.73. The van der Waals surface area contributed by atoms with Crippen LogP contribution in [0.3, 0.4) is 0 Å². The van der Waals surface area contributed by atoms with Gasteiger partial charge in [-0.05, 0) is 53.6 Å². The van der Waals surface area contributed by atoms with Crippen molar-refractivity contribution >= 4 is 38.3 Å². The van der Waals surface area contributed by atoms with Gasteiger partial charge >= 0.3 is 0 Å². The molecule has 0 atom stereocenters. The van der Waals surface area contributed by atoms with E-state index in [-0.39, 0.29) is 23.9 Å². The van der Waals surface area contributed by atoms with Crippen LogP contribution < -0.4 is 0 Å². The molecule has 0 bridgehead atoms. The molecule has 1 aliphatic rings. The third-order valence-electron chi connectivity index (χ3n) is 5.30. The number of rotatable bonds is 3. The van der Waals surface area contributed by atoms with Crippen LogP contribution in [0.4, 0.5) is 0 Å². The molecule has 1 aliphatic heterocycles. The highest BCUT2D eigenvalue weighted by molar-refractivity contribution is 7.89. The molecular weight excluding hydrogens is 408 g/mol. The monoisotopic (exact) mass is 428 g/mol. The second-order valence-corrected chi connectivity index (χ2v) is 9.54. The lowest BCUT2D eigenvalue weighted by Gasteiger charge is -2.34. The maximum Gasteiger partial charge on any atom is 0.254 e. The Kier molecular flexibility index (Phi) is 5.34. The number of piperazine rings is 1. The molecule has 1 fully saturated rings. The largest absolute Gasteiger partial charge is 0.336 e. The fraction of sp³-hybridized carbons (Fsp3) is 0.227. The summed E-state index contributed by atoms with van der Waals surface area (Å²) in [6.45, 7) is 3.10. The highest BCUT2D eigenvalue weighted by atomic mass is 35.5. The van der Waals surface area contributed by atoms with Crippen molar-refractivity contribution in [2.24, 2.45) is 0 Å². The average molecular weight is 429 g/mol. The number of benzene rings is 3. The van der Waals surface area contributed by atoms with Crippen molar-refractivity contribution in [3.63, 3.8) is 0 Å². The topological polar surface area (TPSA) is 57.7 Å². The Hall–Kier alpha value is -2.41. The van der Waals surface area contributed by atoms with Crippen molar-refractivity contribution in [1.82, 2.24) is 9.21 Å². The van der Waals surface area contributed by atoms with E-state index in [1.54, 1.807) is 35.2 Å². The van der Waals surface area contributed by atoms with E-state index in [4.69, 9.17) is 11.6 Å². The van der Waals surface area contributed by atoms with Crippen molar-refractivity contribution in [3.05, 3.63) is 76.8 Å². The number of carbonyl (C=O) groups is 1. The highest BCUT2D eigenvalue weighted by Gasteiger charge is 2.30. The first kappa shape index (κ1) is 19.9. The van der Waals surface area contributed by atoms with Gasteiger partial charge in [0.1, 0.15) is 0 Å². The van der Waals surface area contributed by atoms with Gasteiger partial charge in [0.05, 0.1) is 4.90 Å². The lowest BCUT2D eigenvalue weighted by molar-refractivity contribution is 0.0697. The molecule has 0 unspecified atom stereocenters. The second kappa shape index (κ2) is 7.78. The Morgan fingerprint density at radius 3 is 2.28 bits per heavy atom. The Bertz CT molecular complexity index is 1190. The van der Waals surface area contributed by atoms with Gasteiger partial charge in [0.2, 0.25) is 10.0 Å². The maximum absolute atomic E-state index is 13.1. The summed E-state index contributed by atoms with van der Waals surface area (Å²) in [7, 11) is -3.60. The van der Waals surface area contributed by atoms with Crippen LogP contribution in [0.1, 0.15) is 15.9 Å². The van der Waals surface area contributed by atoms with Crippen LogP contribution in [0.5, 0.6) is 0 Å². The molecule has 0 aliphatic carbocycles. The van der Waals surface area contributed by atoms with Gasteiger partial charge < -0.3 is 4.90 Å². The van der Waals surface area contributed by atoms with E-state index < -0.39 is 10.0 Å². The molecule has 1 saturated heterocycles. The van der Waals surface area contributed by atoms with Crippen LogP contribution in [0.15, 0.2) is 65.6 Å². The second-order valence-electron chi connectivity index (χ2n) is 7.16. The Morgan fingerprint density at radius 2 is 1.59 bits per heavy atom. The fourth-order valence-electron chi connectivity index (χ4n) is 3.65. The molecule has 7 heteroatoms. The number of fused-ring (bicyclic) bond motifs is 1. The van der Waals surface area contributed by atoms with E-state index in [2.05, 4.69) is 0 Å². The zero-order valence-electron chi connectivity index (χ0n) is 16.0. The van der Waals surface area contributed by atoms with Gasteiger partial charge in [-0.3, -0.25) is 4.79 Å². The van der Waals surface area contributed by atoms with Crippen molar-refractivity contribution in [2.75, 3.05) is 26.2 Å². The van der Waals surface area contributed by atoms with Gasteiger partial charge in [-0.15, -0.1) is 0 Å². The van der Waals surface area contributed by atoms with Crippen LogP contribution >= 0.6 is 11.6 Å². The first-order valence-electron chi connectivity index (χ1n) is 9.41. The molecule has 0 aromatic heterocycles. The van der Waals surface area contributed by atoms with Crippen molar-refractivity contribution in [2.45, 2.75) is 11.8 Å².